The smallest absolute Gasteiger partial charge is 0.328 e. The van der Waals surface area contributed by atoms with Crippen molar-refractivity contribution in [3.05, 3.63) is 30.3 Å². The summed E-state index contributed by atoms with van der Waals surface area (Å²) >= 11 is 0. The number of carbonyl (C=O) groups excluding carboxylic acids is 2. The second-order valence-corrected chi connectivity index (χ2v) is 5.86. The van der Waals surface area contributed by atoms with Gasteiger partial charge in [-0.1, -0.05) is 18.2 Å². The zero-order chi connectivity index (χ0) is 19.7. The molecular formula is C17H23N3O6. The molecule has 5 N–H and O–H groups in total. The predicted molar refractivity (Wildman–Crippen MR) is 93.4 cm³/mol. The first-order chi connectivity index (χ1) is 12.2. The highest BCUT2D eigenvalue weighted by Crippen LogP contribution is 2.16. The van der Waals surface area contributed by atoms with Crippen LogP contribution in [0.1, 0.15) is 25.7 Å². The molecule has 1 aromatic carbocycles. The fourth-order valence-electron chi connectivity index (χ4n) is 2.26. The molecule has 9 nitrogen and oxygen atoms in total. The van der Waals surface area contributed by atoms with Gasteiger partial charge < -0.3 is 21.3 Å². The van der Waals surface area contributed by atoms with E-state index in [2.05, 4.69) is 5.32 Å². The van der Waals surface area contributed by atoms with Crippen LogP contribution < -0.4 is 11.1 Å². The van der Waals surface area contributed by atoms with E-state index in [1.807, 2.05) is 0 Å². The Hall–Kier alpha value is -2.94. The lowest BCUT2D eigenvalue weighted by molar-refractivity contribution is -0.144. The highest BCUT2D eigenvalue weighted by atomic mass is 16.4. The van der Waals surface area contributed by atoms with Gasteiger partial charge in [0.25, 0.3) is 0 Å². The van der Waals surface area contributed by atoms with Crippen LogP contribution in [0.15, 0.2) is 30.3 Å². The lowest BCUT2D eigenvalue weighted by atomic mass is 9.94. The van der Waals surface area contributed by atoms with Crippen LogP contribution in [0, 0.1) is 5.92 Å². The van der Waals surface area contributed by atoms with E-state index >= 15 is 0 Å². The van der Waals surface area contributed by atoms with E-state index in [4.69, 9.17) is 15.9 Å². The van der Waals surface area contributed by atoms with Gasteiger partial charge in [0.2, 0.25) is 5.91 Å². The third-order valence-electron chi connectivity index (χ3n) is 3.85. The third kappa shape index (κ3) is 6.89. The Bertz CT molecular complexity index is 649. The molecule has 0 spiro atoms. The van der Waals surface area contributed by atoms with E-state index in [1.165, 1.54) is 7.05 Å². The van der Waals surface area contributed by atoms with Crippen molar-refractivity contribution in [1.82, 2.24) is 4.90 Å². The maximum absolute atomic E-state index is 12.1. The standard InChI is InChI=1S/C17H23N3O6/c1-20(17(26)19-12-7-3-2-4-8-12)14(21)9-5-6-11(15(22)23)10-13(18)16(24)25/h2-4,7-8,11,13H,5-6,9-10,18H2,1H3,(H,19,26)(H,22,23)(H,24,25)/t11-,13+/m1/s1. The number of aliphatic carboxylic acids is 2. The lowest BCUT2D eigenvalue weighted by Crippen LogP contribution is -2.37. The van der Waals surface area contributed by atoms with Crippen LogP contribution in [0.2, 0.25) is 0 Å². The molecule has 0 aliphatic heterocycles. The number of para-hydroxylation sites is 1. The largest absolute Gasteiger partial charge is 0.481 e. The first-order valence-electron chi connectivity index (χ1n) is 8.06. The molecule has 3 amide bonds. The first kappa shape index (κ1) is 21.1. The van der Waals surface area contributed by atoms with Crippen molar-refractivity contribution in [2.75, 3.05) is 12.4 Å². The topological polar surface area (TPSA) is 150 Å². The Morgan fingerprint density at radius 2 is 1.73 bits per heavy atom. The molecule has 0 heterocycles. The molecule has 0 aliphatic carbocycles. The Morgan fingerprint density at radius 3 is 2.27 bits per heavy atom. The summed E-state index contributed by atoms with van der Waals surface area (Å²) < 4.78 is 0. The van der Waals surface area contributed by atoms with E-state index in [0.29, 0.717) is 5.69 Å². The molecule has 1 aromatic rings. The summed E-state index contributed by atoms with van der Waals surface area (Å²) in [5, 5.41) is 20.4. The van der Waals surface area contributed by atoms with Crippen LogP contribution in [0.5, 0.6) is 0 Å². The Balaban J connectivity index is 2.47. The molecule has 0 radical (unpaired) electrons. The number of nitrogens with zero attached hydrogens (tertiary/aromatic N) is 1. The van der Waals surface area contributed by atoms with Gasteiger partial charge >= 0.3 is 18.0 Å². The number of carboxylic acids is 2. The minimum atomic E-state index is -1.27. The Morgan fingerprint density at radius 1 is 1.12 bits per heavy atom. The molecule has 0 unspecified atom stereocenters. The van der Waals surface area contributed by atoms with Crippen LogP contribution in [0.25, 0.3) is 0 Å². The van der Waals surface area contributed by atoms with Gasteiger partial charge in [0.15, 0.2) is 0 Å². The first-order valence-corrected chi connectivity index (χ1v) is 8.06. The van der Waals surface area contributed by atoms with Crippen LogP contribution in [-0.4, -0.2) is 52.1 Å². The number of nitrogens with one attached hydrogen (secondary N) is 1. The minimum Gasteiger partial charge on any atom is -0.481 e. The summed E-state index contributed by atoms with van der Waals surface area (Å²) in [6.45, 7) is 0. The summed E-state index contributed by atoms with van der Waals surface area (Å²) in [4.78, 5) is 46.9. The van der Waals surface area contributed by atoms with Crippen molar-refractivity contribution in [3.8, 4) is 0 Å². The number of carboxylic acid groups (broad SMARTS) is 2. The van der Waals surface area contributed by atoms with Gasteiger partial charge in [0.05, 0.1) is 5.92 Å². The molecule has 2 atom stereocenters. The van der Waals surface area contributed by atoms with Crippen molar-refractivity contribution in [1.29, 1.82) is 0 Å². The number of hydrogen-bond acceptors (Lipinski definition) is 5. The predicted octanol–water partition coefficient (Wildman–Crippen LogP) is 1.35. The Labute approximate surface area is 150 Å². The van der Waals surface area contributed by atoms with Gasteiger partial charge in [-0.25, -0.2) is 4.79 Å². The average Bonchev–Trinajstić information content (AvgIpc) is 2.60. The number of hydrogen-bond donors (Lipinski definition) is 4. The molecule has 0 aliphatic rings. The van der Waals surface area contributed by atoms with Crippen molar-refractivity contribution >= 4 is 29.6 Å². The fourth-order valence-corrected chi connectivity index (χ4v) is 2.26. The summed E-state index contributed by atoms with van der Waals surface area (Å²) in [6.07, 6.45) is 0.0370. The number of rotatable bonds is 9. The molecule has 142 valence electrons. The van der Waals surface area contributed by atoms with Gasteiger partial charge in [-0.3, -0.25) is 19.3 Å². The maximum atomic E-state index is 12.1. The monoisotopic (exact) mass is 365 g/mol. The number of carbonyl (C=O) groups is 4. The van der Waals surface area contributed by atoms with Gasteiger partial charge in [0.1, 0.15) is 6.04 Å². The van der Waals surface area contributed by atoms with Crippen molar-refractivity contribution < 1.29 is 29.4 Å². The summed E-state index contributed by atoms with van der Waals surface area (Å²) in [6, 6.07) is 6.77. The second kappa shape index (κ2) is 10.1. The van der Waals surface area contributed by atoms with E-state index < -0.39 is 35.8 Å². The number of amides is 3. The van der Waals surface area contributed by atoms with E-state index in [1.54, 1.807) is 30.3 Å². The van der Waals surface area contributed by atoms with E-state index in [9.17, 15) is 19.2 Å². The SMILES string of the molecule is CN(C(=O)CCC[C@H](C[C@H](N)C(=O)O)C(=O)O)C(=O)Nc1ccccc1. The number of urea groups is 1. The zero-order valence-electron chi connectivity index (χ0n) is 14.4. The number of benzene rings is 1. The number of imide groups is 1. The van der Waals surface area contributed by atoms with Gasteiger partial charge in [-0.15, -0.1) is 0 Å². The summed E-state index contributed by atoms with van der Waals surface area (Å²) in [7, 11) is 1.33. The van der Waals surface area contributed by atoms with Crippen molar-refractivity contribution in [2.45, 2.75) is 31.7 Å². The number of anilines is 1. The number of nitrogens with two attached hydrogens (primary N) is 1. The average molecular weight is 365 g/mol. The van der Waals surface area contributed by atoms with Crippen LogP contribution >= 0.6 is 0 Å². The maximum Gasteiger partial charge on any atom is 0.328 e. The summed E-state index contributed by atoms with van der Waals surface area (Å²) in [5.41, 5.74) is 5.90. The molecule has 0 saturated heterocycles. The lowest BCUT2D eigenvalue weighted by Gasteiger charge is -2.18. The van der Waals surface area contributed by atoms with Crippen molar-refractivity contribution in [2.24, 2.45) is 11.7 Å². The summed E-state index contributed by atoms with van der Waals surface area (Å²) in [5.74, 6) is -3.86. The van der Waals surface area contributed by atoms with Gasteiger partial charge in [-0.05, 0) is 31.4 Å². The molecule has 26 heavy (non-hydrogen) atoms. The normalized spacial score (nSPS) is 12.7. The van der Waals surface area contributed by atoms with E-state index in [-0.39, 0.29) is 25.7 Å². The zero-order valence-corrected chi connectivity index (χ0v) is 14.4. The molecule has 0 fully saturated rings. The second-order valence-electron chi connectivity index (χ2n) is 5.86. The van der Waals surface area contributed by atoms with Gasteiger partial charge in [0, 0.05) is 19.2 Å². The minimum absolute atomic E-state index is 0.0369. The quantitative estimate of drug-likeness (QED) is 0.516. The molecule has 0 saturated carbocycles. The van der Waals surface area contributed by atoms with Crippen LogP contribution in [0.4, 0.5) is 10.5 Å². The third-order valence-corrected chi connectivity index (χ3v) is 3.85. The van der Waals surface area contributed by atoms with Crippen molar-refractivity contribution in [3.63, 3.8) is 0 Å². The van der Waals surface area contributed by atoms with E-state index in [0.717, 1.165) is 4.90 Å². The highest BCUT2D eigenvalue weighted by molar-refractivity contribution is 6.00. The van der Waals surface area contributed by atoms with Crippen LogP contribution in [-0.2, 0) is 14.4 Å². The van der Waals surface area contributed by atoms with Crippen LogP contribution in [0.3, 0.4) is 0 Å². The molecular weight excluding hydrogens is 342 g/mol. The molecule has 9 heteroatoms. The highest BCUT2D eigenvalue weighted by Gasteiger charge is 2.25. The van der Waals surface area contributed by atoms with Gasteiger partial charge in [-0.2, -0.15) is 0 Å². The molecule has 0 bridgehead atoms. The fraction of sp³-hybridized carbons (Fsp3) is 0.412. The molecule has 0 aromatic heterocycles. The molecule has 1 rings (SSSR count). The Kier molecular flexibility index (Phi) is 8.23.